The van der Waals surface area contributed by atoms with Crippen LogP contribution in [-0.2, 0) is 16.1 Å². The van der Waals surface area contributed by atoms with E-state index in [1.807, 2.05) is 45.7 Å². The minimum atomic E-state index is -0.970. The molecular weight excluding hydrogens is 523 g/mol. The maximum absolute atomic E-state index is 14.3. The molecule has 41 heavy (non-hydrogen) atoms. The highest BCUT2D eigenvalue weighted by atomic mass is 19.1. The Kier molecular flexibility index (Phi) is 9.33. The molecule has 1 fully saturated rings. The molecule has 0 unspecified atom stereocenters. The SMILES string of the molecule is CCOc1cc(CN2CCC(CN(C)c3ccc(C(=O)O)cc3)(OC=O)CC2)c(-c2ccc(F)c(C)c2C)cc1C. The number of aromatic carboxylic acids is 1. The number of carboxylic acids is 1. The van der Waals surface area contributed by atoms with Crippen LogP contribution in [0.15, 0.2) is 48.5 Å². The molecule has 1 saturated heterocycles. The minimum absolute atomic E-state index is 0.208. The van der Waals surface area contributed by atoms with Gasteiger partial charge in [0.05, 0.1) is 18.7 Å². The van der Waals surface area contributed by atoms with Gasteiger partial charge in [-0.2, -0.15) is 0 Å². The summed E-state index contributed by atoms with van der Waals surface area (Å²) in [6.45, 7) is 11.5. The Bertz CT molecular complexity index is 1400. The first-order valence-corrected chi connectivity index (χ1v) is 14.0. The van der Waals surface area contributed by atoms with Gasteiger partial charge in [-0.15, -0.1) is 0 Å². The number of hydrogen-bond donors (Lipinski definition) is 1. The summed E-state index contributed by atoms with van der Waals surface area (Å²) in [4.78, 5) is 27.1. The van der Waals surface area contributed by atoms with E-state index in [0.717, 1.165) is 52.3 Å². The van der Waals surface area contributed by atoms with Crippen molar-refractivity contribution in [3.63, 3.8) is 0 Å². The lowest BCUT2D eigenvalue weighted by atomic mass is 9.88. The zero-order chi connectivity index (χ0) is 29.7. The van der Waals surface area contributed by atoms with Gasteiger partial charge in [-0.25, -0.2) is 9.18 Å². The number of benzene rings is 3. The number of likely N-dealkylation sites (N-methyl/N-ethyl adjacent to an activating group) is 1. The van der Waals surface area contributed by atoms with E-state index in [1.54, 1.807) is 24.3 Å². The standard InChI is InChI=1S/C33H39FN2O5/c1-6-40-31-18-26(29(17-22(31)2)28-11-12-30(34)24(4)23(28)3)19-36-15-13-33(14-16-36,41-21-37)20-35(5)27-9-7-25(8-10-27)32(38)39/h7-12,17-18,21H,6,13-16,19-20H2,1-5H3,(H,38,39). The van der Waals surface area contributed by atoms with E-state index in [1.165, 1.54) is 6.07 Å². The number of nitrogens with zero attached hydrogens (tertiary/aromatic N) is 2. The predicted molar refractivity (Wildman–Crippen MR) is 158 cm³/mol. The van der Waals surface area contributed by atoms with Crippen LogP contribution in [0.4, 0.5) is 10.1 Å². The Morgan fingerprint density at radius 1 is 1.05 bits per heavy atom. The number of carboxylic acid groups (broad SMARTS) is 1. The van der Waals surface area contributed by atoms with Gasteiger partial charge in [0.1, 0.15) is 17.2 Å². The van der Waals surface area contributed by atoms with Gasteiger partial charge in [-0.3, -0.25) is 9.69 Å². The molecule has 0 aliphatic carbocycles. The molecule has 3 aromatic carbocycles. The summed E-state index contributed by atoms with van der Waals surface area (Å²) in [5, 5.41) is 9.19. The fourth-order valence-electron chi connectivity index (χ4n) is 5.66. The number of likely N-dealkylation sites (tertiary alicyclic amines) is 1. The molecular formula is C33H39FN2O5. The molecule has 1 aliphatic rings. The molecule has 0 spiro atoms. The maximum Gasteiger partial charge on any atom is 0.335 e. The number of carbonyl (C=O) groups is 2. The molecule has 3 aromatic rings. The lowest BCUT2D eigenvalue weighted by Gasteiger charge is -2.42. The van der Waals surface area contributed by atoms with Crippen LogP contribution in [0.5, 0.6) is 5.75 Å². The molecule has 7 nitrogen and oxygen atoms in total. The molecule has 1 N–H and O–H groups in total. The van der Waals surface area contributed by atoms with Crippen molar-refractivity contribution in [1.29, 1.82) is 0 Å². The number of carbonyl (C=O) groups excluding carboxylic acids is 1. The Balaban J connectivity index is 1.55. The van der Waals surface area contributed by atoms with Crippen molar-refractivity contribution in [2.24, 2.45) is 0 Å². The molecule has 0 atom stereocenters. The van der Waals surface area contributed by atoms with Crippen molar-refractivity contribution in [2.75, 3.05) is 38.2 Å². The van der Waals surface area contributed by atoms with E-state index in [-0.39, 0.29) is 11.4 Å². The zero-order valence-electron chi connectivity index (χ0n) is 24.5. The fourth-order valence-corrected chi connectivity index (χ4v) is 5.66. The molecule has 0 aromatic heterocycles. The first-order valence-electron chi connectivity index (χ1n) is 14.0. The van der Waals surface area contributed by atoms with Crippen LogP contribution in [-0.4, -0.2) is 61.3 Å². The van der Waals surface area contributed by atoms with Gasteiger partial charge in [0.15, 0.2) is 0 Å². The first-order chi connectivity index (χ1) is 19.6. The molecule has 1 heterocycles. The highest BCUT2D eigenvalue weighted by molar-refractivity contribution is 5.88. The average molecular weight is 563 g/mol. The number of rotatable bonds is 11. The highest BCUT2D eigenvalue weighted by Crippen LogP contribution is 2.36. The van der Waals surface area contributed by atoms with E-state index >= 15 is 0 Å². The van der Waals surface area contributed by atoms with E-state index in [2.05, 4.69) is 17.0 Å². The van der Waals surface area contributed by atoms with Crippen LogP contribution in [0.2, 0.25) is 0 Å². The lowest BCUT2D eigenvalue weighted by Crippen LogP contribution is -2.51. The van der Waals surface area contributed by atoms with Gasteiger partial charge in [0.2, 0.25) is 0 Å². The Morgan fingerprint density at radius 3 is 2.34 bits per heavy atom. The molecule has 8 heteroatoms. The third-order valence-corrected chi connectivity index (χ3v) is 8.25. The third kappa shape index (κ3) is 6.70. The molecule has 218 valence electrons. The third-order valence-electron chi connectivity index (χ3n) is 8.25. The van der Waals surface area contributed by atoms with E-state index in [4.69, 9.17) is 9.47 Å². The number of piperidine rings is 1. The number of hydrogen-bond acceptors (Lipinski definition) is 6. The molecule has 0 saturated carbocycles. The molecule has 0 radical (unpaired) electrons. The van der Waals surface area contributed by atoms with Crippen LogP contribution in [0.3, 0.4) is 0 Å². The second kappa shape index (κ2) is 12.7. The molecule has 0 amide bonds. The van der Waals surface area contributed by atoms with Gasteiger partial charge in [0.25, 0.3) is 6.47 Å². The minimum Gasteiger partial charge on any atom is -0.494 e. The second-order valence-electron chi connectivity index (χ2n) is 10.9. The second-order valence-corrected chi connectivity index (χ2v) is 10.9. The summed E-state index contributed by atoms with van der Waals surface area (Å²) in [6, 6.07) is 14.3. The van der Waals surface area contributed by atoms with Crippen molar-refractivity contribution in [3.8, 4) is 16.9 Å². The zero-order valence-corrected chi connectivity index (χ0v) is 24.5. The van der Waals surface area contributed by atoms with Crippen LogP contribution in [0.25, 0.3) is 11.1 Å². The van der Waals surface area contributed by atoms with Crippen molar-refractivity contribution in [2.45, 2.75) is 52.7 Å². The Morgan fingerprint density at radius 2 is 1.73 bits per heavy atom. The lowest BCUT2D eigenvalue weighted by molar-refractivity contribution is -0.147. The van der Waals surface area contributed by atoms with E-state index < -0.39 is 11.6 Å². The highest BCUT2D eigenvalue weighted by Gasteiger charge is 2.38. The molecule has 4 rings (SSSR count). The summed E-state index contributed by atoms with van der Waals surface area (Å²) < 4.78 is 25.9. The smallest absolute Gasteiger partial charge is 0.335 e. The van der Waals surface area contributed by atoms with Gasteiger partial charge in [0, 0.05) is 45.2 Å². The normalized spacial score (nSPS) is 14.9. The topological polar surface area (TPSA) is 79.3 Å². The molecule has 0 bridgehead atoms. The quantitative estimate of drug-likeness (QED) is 0.281. The van der Waals surface area contributed by atoms with E-state index in [9.17, 15) is 19.1 Å². The van der Waals surface area contributed by atoms with Gasteiger partial charge >= 0.3 is 5.97 Å². The van der Waals surface area contributed by atoms with Crippen molar-refractivity contribution >= 4 is 18.1 Å². The van der Waals surface area contributed by atoms with Crippen molar-refractivity contribution in [1.82, 2.24) is 4.90 Å². The summed E-state index contributed by atoms with van der Waals surface area (Å²) in [6.07, 6.45) is 1.30. The monoisotopic (exact) mass is 562 g/mol. The van der Waals surface area contributed by atoms with Crippen LogP contribution in [0.1, 0.15) is 52.4 Å². The number of aryl methyl sites for hydroxylation is 1. The van der Waals surface area contributed by atoms with Gasteiger partial charge < -0.3 is 19.5 Å². The van der Waals surface area contributed by atoms with Crippen molar-refractivity contribution < 1.29 is 28.6 Å². The van der Waals surface area contributed by atoms with Gasteiger partial charge in [-0.1, -0.05) is 6.07 Å². The average Bonchev–Trinajstić information content (AvgIpc) is 2.95. The van der Waals surface area contributed by atoms with Crippen LogP contribution < -0.4 is 9.64 Å². The van der Waals surface area contributed by atoms with Gasteiger partial charge in [-0.05, 0) is 104 Å². The Labute approximate surface area is 241 Å². The summed E-state index contributed by atoms with van der Waals surface area (Å²) in [5.41, 5.74) is 6.20. The van der Waals surface area contributed by atoms with Crippen molar-refractivity contribution in [3.05, 3.63) is 82.2 Å². The number of ether oxygens (including phenoxy) is 2. The predicted octanol–water partition coefficient (Wildman–Crippen LogP) is 6.16. The summed E-state index contributed by atoms with van der Waals surface area (Å²) >= 11 is 0. The summed E-state index contributed by atoms with van der Waals surface area (Å²) in [5.74, 6) is -0.336. The largest absolute Gasteiger partial charge is 0.494 e. The maximum atomic E-state index is 14.3. The molecule has 1 aliphatic heterocycles. The number of anilines is 1. The Hall–Kier alpha value is -3.91. The van der Waals surface area contributed by atoms with Crippen LogP contribution >= 0.6 is 0 Å². The van der Waals surface area contributed by atoms with E-state index in [0.29, 0.717) is 44.6 Å². The number of halogens is 1. The van der Waals surface area contributed by atoms with Crippen LogP contribution in [0, 0.1) is 26.6 Å². The fraction of sp³-hybridized carbons (Fsp3) is 0.394. The summed E-state index contributed by atoms with van der Waals surface area (Å²) in [7, 11) is 1.92. The first kappa shape index (κ1) is 30.1.